The number of methoxy groups -OCH3 is 4. The molecule has 0 aliphatic heterocycles. The van der Waals surface area contributed by atoms with Gasteiger partial charge < -0.3 is 23.7 Å². The van der Waals surface area contributed by atoms with Crippen molar-refractivity contribution in [2.24, 2.45) is 0 Å². The smallest absolute Gasteiger partial charge is 0.340 e. The third kappa shape index (κ3) is 5.49. The van der Waals surface area contributed by atoms with Crippen LogP contribution in [0.25, 0.3) is 22.0 Å². The second-order valence-corrected chi connectivity index (χ2v) is 8.19. The highest BCUT2D eigenvalue weighted by Crippen LogP contribution is 2.42. The zero-order chi connectivity index (χ0) is 26.2. The number of ether oxygens (including phenoxy) is 5. The van der Waals surface area contributed by atoms with Crippen LogP contribution >= 0.6 is 0 Å². The van der Waals surface area contributed by atoms with Crippen LogP contribution in [0.1, 0.15) is 43.2 Å². The predicted octanol–water partition coefficient (Wildman–Crippen LogP) is 5.34. The van der Waals surface area contributed by atoms with E-state index in [0.717, 1.165) is 30.5 Å². The Bertz CT molecular complexity index is 1210. The van der Waals surface area contributed by atoms with Gasteiger partial charge in [0.1, 0.15) is 0 Å². The van der Waals surface area contributed by atoms with Crippen molar-refractivity contribution in [1.29, 1.82) is 0 Å². The van der Waals surface area contributed by atoms with Crippen LogP contribution in [0.3, 0.4) is 0 Å². The van der Waals surface area contributed by atoms with Crippen molar-refractivity contribution in [3.63, 3.8) is 0 Å². The molecule has 1 aromatic heterocycles. The van der Waals surface area contributed by atoms with Gasteiger partial charge in [-0.2, -0.15) is 0 Å². The third-order valence-corrected chi connectivity index (χ3v) is 6.08. The monoisotopic (exact) mass is 496 g/mol. The maximum absolute atomic E-state index is 13.5. The SMILES string of the molecule is CCCN(CC)Cc1nc2cc(OC)c(OC)cc2c(-c2ccc(OC)c(OC)c2)c1C(=O)OCC. The van der Waals surface area contributed by atoms with Crippen LogP contribution in [-0.4, -0.2) is 64.0 Å². The molecule has 3 rings (SSSR count). The minimum Gasteiger partial charge on any atom is -0.493 e. The third-order valence-electron chi connectivity index (χ3n) is 6.08. The van der Waals surface area contributed by atoms with Crippen molar-refractivity contribution in [1.82, 2.24) is 9.88 Å². The van der Waals surface area contributed by atoms with Crippen molar-refractivity contribution < 1.29 is 28.5 Å². The van der Waals surface area contributed by atoms with E-state index in [9.17, 15) is 4.79 Å². The van der Waals surface area contributed by atoms with Crippen molar-refractivity contribution in [3.05, 3.63) is 41.6 Å². The van der Waals surface area contributed by atoms with Gasteiger partial charge in [0.2, 0.25) is 0 Å². The lowest BCUT2D eigenvalue weighted by Crippen LogP contribution is -2.26. The van der Waals surface area contributed by atoms with E-state index in [1.807, 2.05) is 30.3 Å². The first kappa shape index (κ1) is 27.1. The molecule has 8 heteroatoms. The largest absolute Gasteiger partial charge is 0.493 e. The topological polar surface area (TPSA) is 79.4 Å². The van der Waals surface area contributed by atoms with E-state index in [1.54, 1.807) is 35.4 Å². The quantitative estimate of drug-likeness (QED) is 0.311. The Morgan fingerprint density at radius 2 is 1.50 bits per heavy atom. The highest BCUT2D eigenvalue weighted by Gasteiger charge is 2.26. The molecule has 3 aromatic rings. The summed E-state index contributed by atoms with van der Waals surface area (Å²) in [7, 11) is 6.35. The average Bonchev–Trinajstić information content (AvgIpc) is 2.90. The molecule has 0 radical (unpaired) electrons. The maximum atomic E-state index is 13.5. The summed E-state index contributed by atoms with van der Waals surface area (Å²) >= 11 is 0. The second kappa shape index (κ2) is 12.4. The number of hydrogen-bond acceptors (Lipinski definition) is 8. The minimum absolute atomic E-state index is 0.250. The van der Waals surface area contributed by atoms with E-state index in [-0.39, 0.29) is 6.61 Å². The zero-order valence-electron chi connectivity index (χ0n) is 22.3. The molecule has 8 nitrogen and oxygen atoms in total. The molecule has 0 amide bonds. The van der Waals surface area contributed by atoms with E-state index >= 15 is 0 Å². The summed E-state index contributed by atoms with van der Waals surface area (Å²) in [5.41, 5.74) is 3.23. The molecule has 0 saturated carbocycles. The van der Waals surface area contributed by atoms with Crippen LogP contribution in [0.2, 0.25) is 0 Å². The number of esters is 1. The molecule has 0 unspecified atom stereocenters. The van der Waals surface area contributed by atoms with Crippen LogP contribution in [-0.2, 0) is 11.3 Å². The molecular weight excluding hydrogens is 460 g/mol. The van der Waals surface area contributed by atoms with Gasteiger partial charge >= 0.3 is 5.97 Å². The normalized spacial score (nSPS) is 11.0. The standard InChI is InChI=1S/C28H36N2O6/c1-8-13-30(9-2)17-21-27(28(31)36-10-3)26(18-11-12-22(32-4)23(14-18)33-5)19-15-24(34-6)25(35-7)16-20(19)29-21/h11-12,14-16H,8-10,13,17H2,1-7H3. The molecule has 0 aliphatic carbocycles. The number of aromatic nitrogens is 1. The minimum atomic E-state index is -0.422. The van der Waals surface area contributed by atoms with Crippen molar-refractivity contribution in [2.75, 3.05) is 48.1 Å². The molecule has 0 saturated heterocycles. The first-order chi connectivity index (χ1) is 17.5. The molecule has 0 aliphatic rings. The fraction of sp³-hybridized carbons (Fsp3) is 0.429. The molecule has 0 bridgehead atoms. The summed E-state index contributed by atoms with van der Waals surface area (Å²) in [5.74, 6) is 1.83. The molecule has 2 aromatic carbocycles. The van der Waals surface area contributed by atoms with Gasteiger partial charge in [-0.3, -0.25) is 9.88 Å². The molecule has 0 spiro atoms. The molecule has 0 N–H and O–H groups in total. The van der Waals surface area contributed by atoms with Gasteiger partial charge in [0.05, 0.1) is 51.8 Å². The lowest BCUT2D eigenvalue weighted by Gasteiger charge is -2.23. The summed E-state index contributed by atoms with van der Waals surface area (Å²) in [5, 5.41) is 0.741. The Hall–Kier alpha value is -3.52. The van der Waals surface area contributed by atoms with E-state index in [0.29, 0.717) is 51.9 Å². The number of pyridine rings is 1. The highest BCUT2D eigenvalue weighted by molar-refractivity contribution is 6.08. The number of hydrogen-bond donors (Lipinski definition) is 0. The molecule has 36 heavy (non-hydrogen) atoms. The summed E-state index contributed by atoms with van der Waals surface area (Å²) in [4.78, 5) is 20.7. The lowest BCUT2D eigenvalue weighted by molar-refractivity contribution is 0.0524. The fourth-order valence-corrected chi connectivity index (χ4v) is 4.35. The van der Waals surface area contributed by atoms with Crippen LogP contribution in [0, 0.1) is 0 Å². The van der Waals surface area contributed by atoms with Crippen molar-refractivity contribution >= 4 is 16.9 Å². The lowest BCUT2D eigenvalue weighted by atomic mass is 9.93. The molecular formula is C28H36N2O6. The maximum Gasteiger partial charge on any atom is 0.340 e. The van der Waals surface area contributed by atoms with E-state index < -0.39 is 5.97 Å². The number of carbonyl (C=O) groups is 1. The second-order valence-electron chi connectivity index (χ2n) is 8.19. The molecule has 0 atom stereocenters. The predicted molar refractivity (Wildman–Crippen MR) is 141 cm³/mol. The Morgan fingerprint density at radius 1 is 0.861 bits per heavy atom. The van der Waals surface area contributed by atoms with E-state index in [1.165, 1.54) is 0 Å². The average molecular weight is 497 g/mol. The number of rotatable bonds is 12. The summed E-state index contributed by atoms with van der Waals surface area (Å²) in [6, 6.07) is 9.28. The Balaban J connectivity index is 2.45. The number of benzene rings is 2. The highest BCUT2D eigenvalue weighted by atomic mass is 16.5. The van der Waals surface area contributed by atoms with Crippen LogP contribution in [0.5, 0.6) is 23.0 Å². The van der Waals surface area contributed by atoms with E-state index in [4.69, 9.17) is 28.7 Å². The number of fused-ring (bicyclic) bond motifs is 1. The van der Waals surface area contributed by atoms with Gasteiger partial charge in [0, 0.05) is 23.6 Å². The van der Waals surface area contributed by atoms with Gasteiger partial charge in [-0.05, 0) is 50.2 Å². The Morgan fingerprint density at radius 3 is 2.08 bits per heavy atom. The van der Waals surface area contributed by atoms with Gasteiger partial charge in [-0.15, -0.1) is 0 Å². The molecule has 194 valence electrons. The van der Waals surface area contributed by atoms with Crippen molar-refractivity contribution in [2.45, 2.75) is 33.7 Å². The van der Waals surface area contributed by atoms with Gasteiger partial charge in [-0.25, -0.2) is 4.79 Å². The van der Waals surface area contributed by atoms with E-state index in [2.05, 4.69) is 18.7 Å². The van der Waals surface area contributed by atoms with Crippen LogP contribution < -0.4 is 18.9 Å². The van der Waals surface area contributed by atoms with Crippen LogP contribution in [0.15, 0.2) is 30.3 Å². The first-order valence-electron chi connectivity index (χ1n) is 12.2. The van der Waals surface area contributed by atoms with Gasteiger partial charge in [-0.1, -0.05) is 19.9 Å². The zero-order valence-corrected chi connectivity index (χ0v) is 22.3. The Labute approximate surface area is 213 Å². The summed E-state index contributed by atoms with van der Waals surface area (Å²) in [6.07, 6.45) is 0.990. The molecule has 1 heterocycles. The van der Waals surface area contributed by atoms with Gasteiger partial charge in [0.25, 0.3) is 0 Å². The summed E-state index contributed by atoms with van der Waals surface area (Å²) < 4.78 is 27.7. The number of nitrogens with zero attached hydrogens (tertiary/aromatic N) is 2. The number of carbonyl (C=O) groups excluding carboxylic acids is 1. The van der Waals surface area contributed by atoms with Gasteiger partial charge in [0.15, 0.2) is 23.0 Å². The Kier molecular flexibility index (Phi) is 9.36. The summed E-state index contributed by atoms with van der Waals surface area (Å²) in [6.45, 7) is 8.50. The first-order valence-corrected chi connectivity index (χ1v) is 12.2. The fourth-order valence-electron chi connectivity index (χ4n) is 4.35. The van der Waals surface area contributed by atoms with Crippen LogP contribution in [0.4, 0.5) is 0 Å². The van der Waals surface area contributed by atoms with Crippen molar-refractivity contribution in [3.8, 4) is 34.1 Å². The molecule has 0 fully saturated rings.